The molecule has 2 atom stereocenters. The molecular formula is C16H23FN2. The molecular weight excluding hydrogens is 239 g/mol. The first-order valence-electron chi connectivity index (χ1n) is 7.42. The van der Waals surface area contributed by atoms with Gasteiger partial charge in [0.05, 0.1) is 5.69 Å². The van der Waals surface area contributed by atoms with E-state index in [2.05, 4.69) is 30.1 Å². The summed E-state index contributed by atoms with van der Waals surface area (Å²) in [4.78, 5) is 2.32. The second kappa shape index (κ2) is 5.12. The summed E-state index contributed by atoms with van der Waals surface area (Å²) in [5, 5.41) is 3.40. The van der Waals surface area contributed by atoms with Gasteiger partial charge in [0.25, 0.3) is 0 Å². The first-order valence-corrected chi connectivity index (χ1v) is 7.42. The van der Waals surface area contributed by atoms with Gasteiger partial charge in [0, 0.05) is 25.2 Å². The van der Waals surface area contributed by atoms with Crippen molar-refractivity contribution in [1.82, 2.24) is 5.32 Å². The molecule has 0 aromatic heterocycles. The van der Waals surface area contributed by atoms with Crippen molar-refractivity contribution in [2.75, 3.05) is 11.4 Å². The molecule has 0 spiro atoms. The molecule has 3 heteroatoms. The third-order valence-electron chi connectivity index (χ3n) is 4.47. The summed E-state index contributed by atoms with van der Waals surface area (Å²) in [5.74, 6) is 0.728. The van der Waals surface area contributed by atoms with E-state index < -0.39 is 0 Å². The van der Waals surface area contributed by atoms with Gasteiger partial charge in [-0.3, -0.25) is 0 Å². The van der Waals surface area contributed by atoms with Crippen LogP contribution in [0.2, 0.25) is 0 Å². The van der Waals surface area contributed by atoms with Gasteiger partial charge in [-0.25, -0.2) is 4.39 Å². The van der Waals surface area contributed by atoms with Crippen LogP contribution in [0.3, 0.4) is 0 Å². The van der Waals surface area contributed by atoms with Crippen molar-refractivity contribution in [3.8, 4) is 0 Å². The molecule has 0 radical (unpaired) electrons. The zero-order valence-electron chi connectivity index (χ0n) is 11.8. The lowest BCUT2D eigenvalue weighted by atomic mass is 10.1. The van der Waals surface area contributed by atoms with Crippen LogP contribution in [-0.2, 0) is 6.54 Å². The van der Waals surface area contributed by atoms with E-state index in [4.69, 9.17) is 0 Å². The first-order chi connectivity index (χ1) is 9.15. The molecule has 1 aliphatic heterocycles. The van der Waals surface area contributed by atoms with Crippen molar-refractivity contribution in [2.45, 2.75) is 51.7 Å². The normalized spacial score (nSPS) is 25.6. The predicted octanol–water partition coefficient (Wildman–Crippen LogP) is 3.31. The van der Waals surface area contributed by atoms with Crippen LogP contribution in [0.25, 0.3) is 0 Å². The van der Waals surface area contributed by atoms with Crippen molar-refractivity contribution >= 4 is 5.69 Å². The highest BCUT2D eigenvalue weighted by atomic mass is 19.1. The maximum absolute atomic E-state index is 14.3. The SMILES string of the molecule is CC(C)NCc1cccc(F)c1N1CC2CCC1C2. The van der Waals surface area contributed by atoms with E-state index in [0.29, 0.717) is 12.1 Å². The van der Waals surface area contributed by atoms with E-state index in [-0.39, 0.29) is 5.82 Å². The fourth-order valence-corrected chi connectivity index (χ4v) is 3.54. The molecule has 2 fully saturated rings. The van der Waals surface area contributed by atoms with Crippen LogP contribution in [-0.4, -0.2) is 18.6 Å². The third kappa shape index (κ3) is 2.48. The summed E-state index contributed by atoms with van der Waals surface area (Å²) in [7, 11) is 0. The number of para-hydroxylation sites is 1. The van der Waals surface area contributed by atoms with Gasteiger partial charge in [0.1, 0.15) is 5.82 Å². The van der Waals surface area contributed by atoms with Crippen molar-refractivity contribution in [2.24, 2.45) is 5.92 Å². The maximum atomic E-state index is 14.3. The van der Waals surface area contributed by atoms with Crippen molar-refractivity contribution < 1.29 is 4.39 Å². The fraction of sp³-hybridized carbons (Fsp3) is 0.625. The largest absolute Gasteiger partial charge is 0.366 e. The number of nitrogens with zero attached hydrogens (tertiary/aromatic N) is 1. The Bertz CT molecular complexity index is 458. The molecule has 2 nitrogen and oxygen atoms in total. The Balaban J connectivity index is 1.86. The molecule has 2 unspecified atom stereocenters. The second-order valence-corrected chi connectivity index (χ2v) is 6.27. The predicted molar refractivity (Wildman–Crippen MR) is 76.9 cm³/mol. The monoisotopic (exact) mass is 262 g/mol. The molecule has 1 saturated heterocycles. The third-order valence-corrected chi connectivity index (χ3v) is 4.47. The fourth-order valence-electron chi connectivity index (χ4n) is 3.54. The van der Waals surface area contributed by atoms with Gasteiger partial charge in [-0.1, -0.05) is 26.0 Å². The topological polar surface area (TPSA) is 15.3 Å². The number of nitrogens with one attached hydrogen (secondary N) is 1. The van der Waals surface area contributed by atoms with Gasteiger partial charge >= 0.3 is 0 Å². The van der Waals surface area contributed by atoms with E-state index in [0.717, 1.165) is 30.3 Å². The zero-order valence-corrected chi connectivity index (χ0v) is 11.8. The van der Waals surface area contributed by atoms with Crippen molar-refractivity contribution in [1.29, 1.82) is 0 Å². The molecule has 104 valence electrons. The lowest BCUT2D eigenvalue weighted by Gasteiger charge is -2.31. The number of fused-ring (bicyclic) bond motifs is 2. The van der Waals surface area contributed by atoms with Crippen molar-refractivity contribution in [3.63, 3.8) is 0 Å². The van der Waals surface area contributed by atoms with Crippen LogP contribution in [0, 0.1) is 11.7 Å². The quantitative estimate of drug-likeness (QED) is 0.895. The van der Waals surface area contributed by atoms with Gasteiger partial charge in [-0.2, -0.15) is 0 Å². The minimum absolute atomic E-state index is 0.0596. The number of benzene rings is 1. The molecule has 1 saturated carbocycles. The van der Waals surface area contributed by atoms with E-state index in [1.807, 2.05) is 6.07 Å². The minimum atomic E-state index is -0.0596. The maximum Gasteiger partial charge on any atom is 0.146 e. The molecule has 2 aliphatic rings. The van der Waals surface area contributed by atoms with Crippen LogP contribution in [0.1, 0.15) is 38.7 Å². The van der Waals surface area contributed by atoms with E-state index in [1.54, 1.807) is 6.07 Å². The summed E-state index contributed by atoms with van der Waals surface area (Å²) in [6.07, 6.45) is 3.82. The van der Waals surface area contributed by atoms with Gasteiger partial charge < -0.3 is 10.2 Å². The highest BCUT2D eigenvalue weighted by molar-refractivity contribution is 5.57. The van der Waals surface area contributed by atoms with Crippen LogP contribution < -0.4 is 10.2 Å². The van der Waals surface area contributed by atoms with Gasteiger partial charge in [0.2, 0.25) is 0 Å². The molecule has 0 amide bonds. The Morgan fingerprint density at radius 2 is 2.21 bits per heavy atom. The molecule has 3 rings (SSSR count). The van der Waals surface area contributed by atoms with Crippen LogP contribution in [0.4, 0.5) is 10.1 Å². The molecule has 19 heavy (non-hydrogen) atoms. The van der Waals surface area contributed by atoms with Gasteiger partial charge in [0.15, 0.2) is 0 Å². The standard InChI is InChI=1S/C16H23FN2/c1-11(2)18-9-13-4-3-5-15(17)16(13)19-10-12-6-7-14(19)8-12/h3-5,11-12,14,18H,6-10H2,1-2H3. The molecule has 1 heterocycles. The number of hydrogen-bond donors (Lipinski definition) is 1. The van der Waals surface area contributed by atoms with Gasteiger partial charge in [-0.15, -0.1) is 0 Å². The zero-order chi connectivity index (χ0) is 13.4. The van der Waals surface area contributed by atoms with E-state index in [9.17, 15) is 4.39 Å². The second-order valence-electron chi connectivity index (χ2n) is 6.27. The van der Waals surface area contributed by atoms with Gasteiger partial charge in [-0.05, 0) is 36.8 Å². The lowest BCUT2D eigenvalue weighted by molar-refractivity contribution is 0.533. The van der Waals surface area contributed by atoms with Crippen LogP contribution in [0.5, 0.6) is 0 Å². The highest BCUT2D eigenvalue weighted by Gasteiger charge is 2.39. The average molecular weight is 262 g/mol. The first kappa shape index (κ1) is 12.9. The number of anilines is 1. The smallest absolute Gasteiger partial charge is 0.146 e. The summed E-state index contributed by atoms with van der Waals surface area (Å²) in [6, 6.07) is 6.47. The Morgan fingerprint density at radius 3 is 2.84 bits per heavy atom. The Morgan fingerprint density at radius 1 is 1.37 bits per heavy atom. The summed E-state index contributed by atoms with van der Waals surface area (Å²) < 4.78 is 14.3. The average Bonchev–Trinajstić information content (AvgIpc) is 2.98. The molecule has 2 bridgehead atoms. The summed E-state index contributed by atoms with van der Waals surface area (Å²) >= 11 is 0. The Hall–Kier alpha value is -1.09. The molecule has 1 aromatic carbocycles. The molecule has 1 aromatic rings. The number of halogens is 1. The Kier molecular flexibility index (Phi) is 3.48. The van der Waals surface area contributed by atoms with E-state index >= 15 is 0 Å². The molecule has 1 N–H and O–H groups in total. The number of hydrogen-bond acceptors (Lipinski definition) is 2. The Labute approximate surface area is 115 Å². The summed E-state index contributed by atoms with van der Waals surface area (Å²) in [6.45, 7) is 6.03. The minimum Gasteiger partial charge on any atom is -0.366 e. The number of piperidine rings is 1. The van der Waals surface area contributed by atoms with Crippen molar-refractivity contribution in [3.05, 3.63) is 29.6 Å². The highest BCUT2D eigenvalue weighted by Crippen LogP contribution is 2.42. The van der Waals surface area contributed by atoms with Crippen LogP contribution >= 0.6 is 0 Å². The van der Waals surface area contributed by atoms with Crippen LogP contribution in [0.15, 0.2) is 18.2 Å². The summed E-state index contributed by atoms with van der Waals surface area (Å²) in [5.41, 5.74) is 1.95. The molecule has 1 aliphatic carbocycles. The lowest BCUT2D eigenvalue weighted by Crippen LogP contribution is -2.34. The van der Waals surface area contributed by atoms with E-state index in [1.165, 1.54) is 19.3 Å². The number of rotatable bonds is 4.